The van der Waals surface area contributed by atoms with Crippen molar-refractivity contribution >= 4 is 28.2 Å². The van der Waals surface area contributed by atoms with Crippen LogP contribution in [-0.2, 0) is 0 Å². The van der Waals surface area contributed by atoms with Crippen LogP contribution < -0.4 is 0 Å². The summed E-state index contributed by atoms with van der Waals surface area (Å²) in [6, 6.07) is 3.99. The largest absolute Gasteiger partial charge is 0.506 e. The molecule has 0 bridgehead atoms. The molecule has 0 amide bonds. The van der Waals surface area contributed by atoms with Gasteiger partial charge in [0.25, 0.3) is 0 Å². The van der Waals surface area contributed by atoms with E-state index >= 15 is 0 Å². The molecule has 1 unspecified atom stereocenters. The second-order valence-corrected chi connectivity index (χ2v) is 10.2. The minimum Gasteiger partial charge on any atom is -0.506 e. The lowest BCUT2D eigenvalue weighted by Gasteiger charge is -2.19. The SMILES string of the molecule is C=C(CC(CCCCCC)CCCCCCCC)c1ccsc1-c1sccc1O. The molecule has 0 radical (unpaired) electrons. The van der Waals surface area contributed by atoms with Crippen molar-refractivity contribution in [3.8, 4) is 15.5 Å². The molecule has 3 heteroatoms. The Morgan fingerprint density at radius 1 is 0.828 bits per heavy atom. The number of thiophene rings is 2. The van der Waals surface area contributed by atoms with Crippen molar-refractivity contribution in [1.29, 1.82) is 0 Å². The predicted octanol–water partition coefficient (Wildman–Crippen LogP) is 9.92. The van der Waals surface area contributed by atoms with E-state index in [0.29, 0.717) is 5.75 Å². The normalized spacial score (nSPS) is 12.3. The number of unbranched alkanes of at least 4 members (excludes halogenated alkanes) is 8. The topological polar surface area (TPSA) is 20.2 Å². The standard InChI is InChI=1S/C26H40OS2/c1-4-6-8-10-11-13-15-22(14-12-9-7-5-2)20-21(3)23-16-18-28-25(23)26-24(27)17-19-29-26/h16-19,22,27H,3-15,20H2,1-2H3. The number of allylic oxidation sites excluding steroid dienone is 1. The summed E-state index contributed by atoms with van der Waals surface area (Å²) in [5, 5.41) is 14.3. The molecule has 0 aliphatic rings. The summed E-state index contributed by atoms with van der Waals surface area (Å²) in [6.45, 7) is 9.05. The highest BCUT2D eigenvalue weighted by molar-refractivity contribution is 7.20. The Morgan fingerprint density at radius 3 is 2.00 bits per heavy atom. The van der Waals surface area contributed by atoms with Crippen LogP contribution in [0.15, 0.2) is 29.5 Å². The second kappa shape index (κ2) is 14.0. The Balaban J connectivity index is 1.93. The van der Waals surface area contributed by atoms with E-state index in [9.17, 15) is 5.11 Å². The molecular weight excluding hydrogens is 392 g/mol. The minimum absolute atomic E-state index is 0.398. The zero-order chi connectivity index (χ0) is 20.9. The third kappa shape index (κ3) is 8.30. The van der Waals surface area contributed by atoms with Crippen molar-refractivity contribution in [2.75, 3.05) is 0 Å². The van der Waals surface area contributed by atoms with E-state index in [2.05, 4.69) is 31.9 Å². The van der Waals surface area contributed by atoms with Crippen LogP contribution in [0, 0.1) is 5.92 Å². The smallest absolute Gasteiger partial charge is 0.135 e. The van der Waals surface area contributed by atoms with Crippen molar-refractivity contribution in [3.63, 3.8) is 0 Å². The van der Waals surface area contributed by atoms with Crippen LogP contribution in [-0.4, -0.2) is 5.11 Å². The third-order valence-corrected chi connectivity index (χ3v) is 7.85. The van der Waals surface area contributed by atoms with Crippen molar-refractivity contribution in [2.45, 2.75) is 97.3 Å². The number of aromatic hydroxyl groups is 1. The fourth-order valence-corrected chi connectivity index (χ4v) is 6.03. The lowest BCUT2D eigenvalue weighted by Crippen LogP contribution is -2.03. The zero-order valence-electron chi connectivity index (χ0n) is 18.5. The summed E-state index contributed by atoms with van der Waals surface area (Å²) in [4.78, 5) is 2.18. The molecule has 0 aliphatic heterocycles. The minimum atomic E-state index is 0.398. The van der Waals surface area contributed by atoms with Gasteiger partial charge in [0.1, 0.15) is 5.75 Å². The molecule has 0 aromatic carbocycles. The first kappa shape index (κ1) is 24.2. The average Bonchev–Trinajstić information content (AvgIpc) is 3.36. The Kier molecular flexibility index (Phi) is 11.7. The number of rotatable bonds is 16. The molecule has 2 aromatic rings. The molecule has 2 heterocycles. The molecular formula is C26H40OS2. The first-order valence-corrected chi connectivity index (χ1v) is 13.5. The number of hydrogen-bond acceptors (Lipinski definition) is 3. The average molecular weight is 433 g/mol. The molecule has 1 atom stereocenters. The first-order chi connectivity index (χ1) is 14.2. The molecule has 0 fully saturated rings. The van der Waals surface area contributed by atoms with Gasteiger partial charge in [0, 0.05) is 0 Å². The van der Waals surface area contributed by atoms with Crippen LogP contribution in [0.1, 0.15) is 103 Å². The van der Waals surface area contributed by atoms with Crippen molar-refractivity contribution < 1.29 is 5.11 Å². The summed E-state index contributed by atoms with van der Waals surface area (Å²) >= 11 is 3.34. The summed E-state index contributed by atoms with van der Waals surface area (Å²) in [7, 11) is 0. The van der Waals surface area contributed by atoms with E-state index in [1.165, 1.54) is 93.1 Å². The van der Waals surface area contributed by atoms with E-state index in [1.54, 1.807) is 28.7 Å². The molecule has 2 aromatic heterocycles. The van der Waals surface area contributed by atoms with Crippen molar-refractivity contribution in [2.24, 2.45) is 5.92 Å². The van der Waals surface area contributed by atoms with Gasteiger partial charge >= 0.3 is 0 Å². The van der Waals surface area contributed by atoms with Crippen LogP contribution in [0.2, 0.25) is 0 Å². The highest BCUT2D eigenvalue weighted by Crippen LogP contribution is 2.43. The maximum atomic E-state index is 10.2. The van der Waals surface area contributed by atoms with Crippen LogP contribution in [0.25, 0.3) is 15.3 Å². The van der Waals surface area contributed by atoms with E-state index in [1.807, 2.05) is 5.38 Å². The van der Waals surface area contributed by atoms with E-state index in [4.69, 9.17) is 0 Å². The summed E-state index contributed by atoms with van der Waals surface area (Å²) in [5.74, 6) is 1.14. The van der Waals surface area contributed by atoms with Gasteiger partial charge in [0.2, 0.25) is 0 Å². The van der Waals surface area contributed by atoms with Gasteiger partial charge in [0.15, 0.2) is 0 Å². The van der Waals surface area contributed by atoms with E-state index < -0.39 is 0 Å². The Hall–Kier alpha value is -1.06. The monoisotopic (exact) mass is 432 g/mol. The van der Waals surface area contributed by atoms with Gasteiger partial charge in [0.05, 0.1) is 9.75 Å². The van der Waals surface area contributed by atoms with Gasteiger partial charge in [-0.3, -0.25) is 0 Å². The van der Waals surface area contributed by atoms with E-state index in [-0.39, 0.29) is 0 Å². The Bertz CT molecular complexity index is 697. The molecule has 0 saturated carbocycles. The van der Waals surface area contributed by atoms with E-state index in [0.717, 1.165) is 17.2 Å². The second-order valence-electron chi connectivity index (χ2n) is 8.38. The van der Waals surface area contributed by atoms with Gasteiger partial charge in [-0.05, 0) is 46.4 Å². The first-order valence-electron chi connectivity index (χ1n) is 11.7. The van der Waals surface area contributed by atoms with Crippen molar-refractivity contribution in [3.05, 3.63) is 35.0 Å². The zero-order valence-corrected chi connectivity index (χ0v) is 20.2. The molecule has 0 spiro atoms. The van der Waals surface area contributed by atoms with Crippen LogP contribution in [0.4, 0.5) is 0 Å². The fraction of sp³-hybridized carbons (Fsp3) is 0.615. The molecule has 0 aliphatic carbocycles. The lowest BCUT2D eigenvalue weighted by atomic mass is 9.87. The summed E-state index contributed by atoms with van der Waals surface area (Å²) in [6.07, 6.45) is 17.4. The maximum absolute atomic E-state index is 10.2. The highest BCUT2D eigenvalue weighted by Gasteiger charge is 2.17. The van der Waals surface area contributed by atoms with Gasteiger partial charge in [-0.25, -0.2) is 0 Å². The predicted molar refractivity (Wildman–Crippen MR) is 133 cm³/mol. The fourth-order valence-electron chi connectivity index (χ4n) is 4.12. The van der Waals surface area contributed by atoms with Gasteiger partial charge in [-0.15, -0.1) is 22.7 Å². The quantitative estimate of drug-likeness (QED) is 0.262. The van der Waals surface area contributed by atoms with Crippen molar-refractivity contribution in [1.82, 2.24) is 0 Å². The molecule has 1 nitrogen and oxygen atoms in total. The Morgan fingerprint density at radius 2 is 1.38 bits per heavy atom. The highest BCUT2D eigenvalue weighted by atomic mass is 32.1. The van der Waals surface area contributed by atoms with Gasteiger partial charge in [-0.2, -0.15) is 0 Å². The molecule has 1 N–H and O–H groups in total. The van der Waals surface area contributed by atoms with Crippen LogP contribution in [0.5, 0.6) is 5.75 Å². The summed E-state index contributed by atoms with van der Waals surface area (Å²) in [5.41, 5.74) is 2.50. The molecule has 0 saturated heterocycles. The molecule has 29 heavy (non-hydrogen) atoms. The van der Waals surface area contributed by atoms with Gasteiger partial charge in [-0.1, -0.05) is 97.5 Å². The molecule has 2 rings (SSSR count). The van der Waals surface area contributed by atoms with Gasteiger partial charge < -0.3 is 5.11 Å². The number of hydrogen-bond donors (Lipinski definition) is 1. The Labute approximate surface area is 186 Å². The van der Waals surface area contributed by atoms with Crippen LogP contribution in [0.3, 0.4) is 0 Å². The lowest BCUT2D eigenvalue weighted by molar-refractivity contribution is 0.411. The third-order valence-electron chi connectivity index (χ3n) is 5.86. The van der Waals surface area contributed by atoms with Crippen LogP contribution >= 0.6 is 22.7 Å². The maximum Gasteiger partial charge on any atom is 0.135 e. The molecule has 162 valence electrons. The summed E-state index contributed by atoms with van der Waals surface area (Å²) < 4.78 is 0.